The zero-order valence-electron chi connectivity index (χ0n) is 15.8. The van der Waals surface area contributed by atoms with Crippen LogP contribution in [0.15, 0.2) is 30.3 Å². The Morgan fingerprint density at radius 1 is 1.12 bits per heavy atom. The van der Waals surface area contributed by atoms with Crippen molar-refractivity contribution in [2.24, 2.45) is 5.73 Å². The molecule has 2 aromatic rings. The number of aromatic nitrogens is 2. The number of nitrogens with zero attached hydrogens (tertiary/aromatic N) is 4. The van der Waals surface area contributed by atoms with Gasteiger partial charge in [0, 0.05) is 56.0 Å². The van der Waals surface area contributed by atoms with Crippen molar-refractivity contribution >= 4 is 11.7 Å². The number of carbonyl (C=O) groups excluding carboxylic acids is 1. The van der Waals surface area contributed by atoms with Gasteiger partial charge in [-0.15, -0.1) is 0 Å². The highest BCUT2D eigenvalue weighted by atomic mass is 16.1. The van der Waals surface area contributed by atoms with Crippen LogP contribution in [0.3, 0.4) is 0 Å². The van der Waals surface area contributed by atoms with E-state index in [2.05, 4.69) is 34.7 Å². The van der Waals surface area contributed by atoms with Crippen molar-refractivity contribution in [1.82, 2.24) is 14.9 Å². The molecule has 0 bridgehead atoms. The van der Waals surface area contributed by atoms with Crippen molar-refractivity contribution in [2.45, 2.75) is 33.2 Å². The van der Waals surface area contributed by atoms with Crippen LogP contribution < -0.4 is 10.6 Å². The predicted molar refractivity (Wildman–Crippen MR) is 103 cm³/mol. The van der Waals surface area contributed by atoms with Gasteiger partial charge in [0.05, 0.1) is 0 Å². The van der Waals surface area contributed by atoms with Gasteiger partial charge in [-0.25, -0.2) is 9.97 Å². The van der Waals surface area contributed by atoms with Crippen LogP contribution in [0.2, 0.25) is 0 Å². The second-order valence-corrected chi connectivity index (χ2v) is 7.20. The van der Waals surface area contributed by atoms with Crippen molar-refractivity contribution in [2.75, 3.05) is 31.1 Å². The van der Waals surface area contributed by atoms with Gasteiger partial charge in [-0.05, 0) is 24.6 Å². The summed E-state index contributed by atoms with van der Waals surface area (Å²) in [6.07, 6.45) is 0. The maximum Gasteiger partial charge on any atom is 0.248 e. The van der Waals surface area contributed by atoms with Gasteiger partial charge < -0.3 is 10.6 Å². The monoisotopic (exact) mass is 353 g/mol. The molecule has 2 N–H and O–H groups in total. The molecular weight excluding hydrogens is 326 g/mol. The van der Waals surface area contributed by atoms with Crippen molar-refractivity contribution in [3.05, 3.63) is 53.0 Å². The summed E-state index contributed by atoms with van der Waals surface area (Å²) in [5.41, 5.74) is 8.07. The number of primary amides is 1. The summed E-state index contributed by atoms with van der Waals surface area (Å²) in [6, 6.07) is 9.63. The lowest BCUT2D eigenvalue weighted by atomic mass is 10.1. The SMILES string of the molecule is Cc1cc(N2CCN(Cc3ccc(C(N)=O)cc3)CC2)nc(C(C)C)n1. The Morgan fingerprint density at radius 2 is 1.77 bits per heavy atom. The summed E-state index contributed by atoms with van der Waals surface area (Å²) < 4.78 is 0. The van der Waals surface area contributed by atoms with Crippen LogP contribution in [0.25, 0.3) is 0 Å². The third kappa shape index (κ3) is 4.38. The van der Waals surface area contributed by atoms with E-state index in [-0.39, 0.29) is 5.91 Å². The van der Waals surface area contributed by atoms with E-state index in [0.717, 1.165) is 50.1 Å². The van der Waals surface area contributed by atoms with Crippen LogP contribution in [-0.2, 0) is 6.54 Å². The van der Waals surface area contributed by atoms with Gasteiger partial charge in [0.25, 0.3) is 0 Å². The quantitative estimate of drug-likeness (QED) is 0.893. The van der Waals surface area contributed by atoms with E-state index < -0.39 is 0 Å². The first-order chi connectivity index (χ1) is 12.4. The molecule has 0 unspecified atom stereocenters. The molecule has 0 radical (unpaired) electrons. The minimum absolute atomic E-state index is 0.332. The number of hydrogen-bond acceptors (Lipinski definition) is 5. The lowest BCUT2D eigenvalue weighted by Crippen LogP contribution is -2.46. The Kier molecular flexibility index (Phi) is 5.52. The molecule has 0 spiro atoms. The number of anilines is 1. The van der Waals surface area contributed by atoms with Gasteiger partial charge >= 0.3 is 0 Å². The largest absolute Gasteiger partial charge is 0.366 e. The topological polar surface area (TPSA) is 75.3 Å². The summed E-state index contributed by atoms with van der Waals surface area (Å²) in [5, 5.41) is 0. The molecule has 6 nitrogen and oxygen atoms in total. The van der Waals surface area contributed by atoms with E-state index in [0.29, 0.717) is 11.5 Å². The molecule has 0 saturated carbocycles. The maximum atomic E-state index is 11.2. The maximum absolute atomic E-state index is 11.2. The Bertz CT molecular complexity index is 764. The van der Waals surface area contributed by atoms with Gasteiger partial charge in [0.2, 0.25) is 5.91 Å². The zero-order chi connectivity index (χ0) is 18.7. The van der Waals surface area contributed by atoms with E-state index in [1.807, 2.05) is 19.1 Å². The normalized spacial score (nSPS) is 15.5. The molecule has 1 amide bonds. The van der Waals surface area contributed by atoms with Crippen LogP contribution in [0.5, 0.6) is 0 Å². The number of piperazine rings is 1. The molecule has 1 aliphatic heterocycles. The number of amides is 1. The summed E-state index contributed by atoms with van der Waals surface area (Å²) in [4.78, 5) is 25.2. The molecule has 138 valence electrons. The molecule has 1 saturated heterocycles. The second kappa shape index (κ2) is 7.83. The van der Waals surface area contributed by atoms with Crippen molar-refractivity contribution in [3.63, 3.8) is 0 Å². The molecular formula is C20H27N5O. The number of hydrogen-bond donors (Lipinski definition) is 1. The minimum Gasteiger partial charge on any atom is -0.366 e. The molecule has 26 heavy (non-hydrogen) atoms. The highest BCUT2D eigenvalue weighted by molar-refractivity contribution is 5.92. The van der Waals surface area contributed by atoms with Crippen LogP contribution >= 0.6 is 0 Å². The van der Waals surface area contributed by atoms with E-state index in [4.69, 9.17) is 10.7 Å². The second-order valence-electron chi connectivity index (χ2n) is 7.20. The fourth-order valence-corrected chi connectivity index (χ4v) is 3.16. The fourth-order valence-electron chi connectivity index (χ4n) is 3.16. The number of nitrogens with two attached hydrogens (primary N) is 1. The lowest BCUT2D eigenvalue weighted by Gasteiger charge is -2.35. The third-order valence-electron chi connectivity index (χ3n) is 4.72. The first kappa shape index (κ1) is 18.3. The van der Waals surface area contributed by atoms with Gasteiger partial charge in [-0.3, -0.25) is 9.69 Å². The molecule has 0 aliphatic carbocycles. The fraction of sp³-hybridized carbons (Fsp3) is 0.450. The Morgan fingerprint density at radius 3 is 2.35 bits per heavy atom. The van der Waals surface area contributed by atoms with Crippen LogP contribution in [-0.4, -0.2) is 47.0 Å². The predicted octanol–water partition coefficient (Wildman–Crippen LogP) is 2.33. The van der Waals surface area contributed by atoms with Crippen molar-refractivity contribution < 1.29 is 4.79 Å². The first-order valence-electron chi connectivity index (χ1n) is 9.14. The van der Waals surface area contributed by atoms with Gasteiger partial charge in [-0.2, -0.15) is 0 Å². The van der Waals surface area contributed by atoms with Gasteiger partial charge in [0.15, 0.2) is 0 Å². The third-order valence-corrected chi connectivity index (χ3v) is 4.72. The average molecular weight is 353 g/mol. The van der Waals surface area contributed by atoms with E-state index in [9.17, 15) is 4.79 Å². The summed E-state index contributed by atoms with van der Waals surface area (Å²) in [7, 11) is 0. The van der Waals surface area contributed by atoms with Crippen molar-refractivity contribution in [3.8, 4) is 0 Å². The Labute approximate surface area is 155 Å². The molecule has 3 rings (SSSR count). The van der Waals surface area contributed by atoms with E-state index >= 15 is 0 Å². The summed E-state index contributed by atoms with van der Waals surface area (Å²) >= 11 is 0. The van der Waals surface area contributed by atoms with E-state index in [1.54, 1.807) is 12.1 Å². The van der Waals surface area contributed by atoms with Crippen LogP contribution in [0.1, 0.15) is 47.2 Å². The number of carbonyl (C=O) groups is 1. The average Bonchev–Trinajstić information content (AvgIpc) is 2.62. The first-order valence-corrected chi connectivity index (χ1v) is 9.14. The standard InChI is InChI=1S/C20H27N5O/c1-14(2)20-22-15(3)12-18(23-20)25-10-8-24(9-11-25)13-16-4-6-17(7-5-16)19(21)26/h4-7,12,14H,8-11,13H2,1-3H3,(H2,21,26). The molecule has 2 heterocycles. The molecule has 1 aliphatic rings. The lowest BCUT2D eigenvalue weighted by molar-refractivity contribution is 0.100. The summed E-state index contributed by atoms with van der Waals surface area (Å²) in [6.45, 7) is 11.0. The highest BCUT2D eigenvalue weighted by Crippen LogP contribution is 2.19. The minimum atomic E-state index is -0.383. The van der Waals surface area contributed by atoms with Crippen LogP contribution in [0.4, 0.5) is 5.82 Å². The number of benzene rings is 1. The summed E-state index contributed by atoms with van der Waals surface area (Å²) in [5.74, 6) is 1.90. The van der Waals surface area contributed by atoms with Gasteiger partial charge in [0.1, 0.15) is 11.6 Å². The molecule has 6 heteroatoms. The Hall–Kier alpha value is -2.47. The molecule has 0 atom stereocenters. The molecule has 1 fully saturated rings. The molecule has 1 aromatic heterocycles. The van der Waals surface area contributed by atoms with Crippen molar-refractivity contribution in [1.29, 1.82) is 0 Å². The Balaban J connectivity index is 1.60. The number of aryl methyl sites for hydroxylation is 1. The highest BCUT2D eigenvalue weighted by Gasteiger charge is 2.19. The molecule has 1 aromatic carbocycles. The zero-order valence-corrected chi connectivity index (χ0v) is 15.8. The van der Waals surface area contributed by atoms with E-state index in [1.165, 1.54) is 5.56 Å². The smallest absolute Gasteiger partial charge is 0.248 e. The van der Waals surface area contributed by atoms with Gasteiger partial charge in [-0.1, -0.05) is 26.0 Å². The number of rotatable bonds is 5. The van der Waals surface area contributed by atoms with Crippen LogP contribution in [0, 0.1) is 6.92 Å².